The highest BCUT2D eigenvalue weighted by Gasteiger charge is 2.13. The largest absolute Gasteiger partial charge is 0.478 e. The molecule has 28 heavy (non-hydrogen) atoms. The second-order valence-electron chi connectivity index (χ2n) is 5.57. The number of fused-ring (bicyclic) bond motifs is 2. The zero-order chi connectivity index (χ0) is 19.9. The molecule has 0 fully saturated rings. The number of carboxylic acids is 2. The molecule has 0 atom stereocenters. The van der Waals surface area contributed by atoms with Gasteiger partial charge in [-0.1, -0.05) is 12.1 Å². The molecule has 2 aromatic carbocycles. The van der Waals surface area contributed by atoms with Crippen LogP contribution in [0.25, 0.3) is 12.2 Å². The van der Waals surface area contributed by atoms with Gasteiger partial charge in [0.1, 0.15) is 0 Å². The Kier molecular flexibility index (Phi) is 5.81. The molecule has 2 heterocycles. The predicted octanol–water partition coefficient (Wildman–Crippen LogP) is 3.03. The Morgan fingerprint density at radius 2 is 1.07 bits per heavy atom. The standard InChI is InChI=1S/2C10H8O4/c2*11-10(12)4-2-7-1-3-8-9(5-7)14-6-13-8/h2*1-5H,6H2,(H,11,12)/b2*4-2+. The molecule has 8 heteroatoms. The SMILES string of the molecule is O=C(O)/C=C/c1ccc2c(c1)OCO2.O=C(O)/C=C/c1ccc2c(c1)OCO2. The van der Waals surface area contributed by atoms with Crippen molar-refractivity contribution in [1.29, 1.82) is 0 Å². The smallest absolute Gasteiger partial charge is 0.328 e. The van der Waals surface area contributed by atoms with Gasteiger partial charge in [-0.05, 0) is 47.5 Å². The third-order valence-electron chi connectivity index (χ3n) is 3.63. The van der Waals surface area contributed by atoms with Crippen molar-refractivity contribution >= 4 is 24.1 Å². The Morgan fingerprint density at radius 3 is 1.46 bits per heavy atom. The van der Waals surface area contributed by atoms with Gasteiger partial charge < -0.3 is 29.2 Å². The number of benzene rings is 2. The van der Waals surface area contributed by atoms with Crippen molar-refractivity contribution in [2.75, 3.05) is 13.6 Å². The number of ether oxygens (including phenoxy) is 4. The van der Waals surface area contributed by atoms with Gasteiger partial charge in [0, 0.05) is 12.2 Å². The van der Waals surface area contributed by atoms with E-state index in [9.17, 15) is 9.59 Å². The van der Waals surface area contributed by atoms with Crippen LogP contribution in [0.3, 0.4) is 0 Å². The number of rotatable bonds is 4. The Bertz CT molecular complexity index is 868. The van der Waals surface area contributed by atoms with E-state index in [-0.39, 0.29) is 13.6 Å². The summed E-state index contributed by atoms with van der Waals surface area (Å²) in [4.78, 5) is 20.5. The fourth-order valence-corrected chi connectivity index (χ4v) is 2.37. The number of hydrogen-bond acceptors (Lipinski definition) is 6. The van der Waals surface area contributed by atoms with Crippen LogP contribution in [0.4, 0.5) is 0 Å². The summed E-state index contributed by atoms with van der Waals surface area (Å²) in [6.45, 7) is 0.447. The normalized spacial score (nSPS) is 13.4. The van der Waals surface area contributed by atoms with Gasteiger partial charge in [0.15, 0.2) is 23.0 Å². The van der Waals surface area contributed by atoms with Gasteiger partial charge in [0.05, 0.1) is 0 Å². The summed E-state index contributed by atoms with van der Waals surface area (Å²) in [5.74, 6) is 0.746. The van der Waals surface area contributed by atoms with Gasteiger partial charge in [-0.25, -0.2) is 9.59 Å². The van der Waals surface area contributed by atoms with E-state index in [1.165, 1.54) is 12.2 Å². The molecule has 144 valence electrons. The molecule has 0 aliphatic carbocycles. The minimum atomic E-state index is -0.970. The molecule has 4 rings (SSSR count). The molecule has 0 unspecified atom stereocenters. The summed E-state index contributed by atoms with van der Waals surface area (Å²) in [6, 6.07) is 10.5. The lowest BCUT2D eigenvalue weighted by Crippen LogP contribution is -1.92. The van der Waals surface area contributed by atoms with Crippen molar-refractivity contribution in [3.05, 3.63) is 59.7 Å². The molecule has 0 bridgehead atoms. The van der Waals surface area contributed by atoms with E-state index in [0.29, 0.717) is 23.0 Å². The van der Waals surface area contributed by atoms with Gasteiger partial charge in [0.25, 0.3) is 0 Å². The lowest BCUT2D eigenvalue weighted by molar-refractivity contribution is -0.132. The van der Waals surface area contributed by atoms with Crippen molar-refractivity contribution in [3.63, 3.8) is 0 Å². The zero-order valence-electron chi connectivity index (χ0n) is 14.5. The van der Waals surface area contributed by atoms with E-state index in [1.807, 2.05) is 0 Å². The summed E-state index contributed by atoms with van der Waals surface area (Å²) < 4.78 is 20.5. The molecule has 0 spiro atoms. The Labute approximate surface area is 159 Å². The lowest BCUT2D eigenvalue weighted by atomic mass is 10.2. The van der Waals surface area contributed by atoms with Crippen LogP contribution < -0.4 is 18.9 Å². The van der Waals surface area contributed by atoms with Crippen LogP contribution in [-0.2, 0) is 9.59 Å². The number of aliphatic carboxylic acids is 2. The van der Waals surface area contributed by atoms with E-state index in [2.05, 4.69) is 0 Å². The second-order valence-corrected chi connectivity index (χ2v) is 5.57. The first kappa shape index (κ1) is 18.8. The van der Waals surface area contributed by atoms with Gasteiger partial charge in [-0.15, -0.1) is 0 Å². The maximum Gasteiger partial charge on any atom is 0.328 e. The highest BCUT2D eigenvalue weighted by atomic mass is 16.7. The number of hydrogen-bond donors (Lipinski definition) is 2. The Morgan fingerprint density at radius 1 is 0.679 bits per heavy atom. The third-order valence-corrected chi connectivity index (χ3v) is 3.63. The van der Waals surface area contributed by atoms with Crippen LogP contribution in [0.2, 0.25) is 0 Å². The van der Waals surface area contributed by atoms with E-state index in [1.54, 1.807) is 36.4 Å². The van der Waals surface area contributed by atoms with E-state index >= 15 is 0 Å². The molecule has 2 aliphatic rings. The van der Waals surface area contributed by atoms with E-state index in [4.69, 9.17) is 29.2 Å². The summed E-state index contributed by atoms with van der Waals surface area (Å²) in [7, 11) is 0. The summed E-state index contributed by atoms with van der Waals surface area (Å²) in [5.41, 5.74) is 1.55. The van der Waals surface area contributed by atoms with Crippen molar-refractivity contribution in [2.24, 2.45) is 0 Å². The highest BCUT2D eigenvalue weighted by molar-refractivity contribution is 5.86. The topological polar surface area (TPSA) is 112 Å². The van der Waals surface area contributed by atoms with Crippen LogP contribution in [0.5, 0.6) is 23.0 Å². The molecule has 2 N–H and O–H groups in total. The van der Waals surface area contributed by atoms with E-state index < -0.39 is 11.9 Å². The Hall–Kier alpha value is -3.94. The number of carboxylic acid groups (broad SMARTS) is 2. The average Bonchev–Trinajstić information content (AvgIpc) is 3.33. The molecular weight excluding hydrogens is 368 g/mol. The second kappa shape index (κ2) is 8.63. The highest BCUT2D eigenvalue weighted by Crippen LogP contribution is 2.33. The quantitative estimate of drug-likeness (QED) is 0.774. The third kappa shape index (κ3) is 5.04. The average molecular weight is 384 g/mol. The monoisotopic (exact) mass is 384 g/mol. The van der Waals surface area contributed by atoms with Gasteiger partial charge >= 0.3 is 11.9 Å². The number of carbonyl (C=O) groups is 2. The molecule has 8 nitrogen and oxygen atoms in total. The fraction of sp³-hybridized carbons (Fsp3) is 0.100. The van der Waals surface area contributed by atoms with Crippen LogP contribution >= 0.6 is 0 Å². The first-order valence-corrected chi connectivity index (χ1v) is 8.12. The fourth-order valence-electron chi connectivity index (χ4n) is 2.37. The first-order chi connectivity index (χ1) is 13.5. The summed E-state index contributed by atoms with van der Waals surface area (Å²) in [5, 5.41) is 16.9. The minimum absolute atomic E-state index is 0.224. The predicted molar refractivity (Wildman–Crippen MR) is 98.5 cm³/mol. The maximum absolute atomic E-state index is 10.3. The first-order valence-electron chi connectivity index (χ1n) is 8.12. The molecule has 2 aromatic rings. The van der Waals surface area contributed by atoms with Gasteiger partial charge in [0.2, 0.25) is 13.6 Å². The molecule has 0 saturated heterocycles. The molecule has 0 radical (unpaired) electrons. The lowest BCUT2D eigenvalue weighted by Gasteiger charge is -1.96. The van der Waals surface area contributed by atoms with Crippen LogP contribution in [0.1, 0.15) is 11.1 Å². The van der Waals surface area contributed by atoms with Crippen LogP contribution in [0, 0.1) is 0 Å². The maximum atomic E-state index is 10.3. The molecular formula is C20H16O8. The van der Waals surface area contributed by atoms with Crippen molar-refractivity contribution in [2.45, 2.75) is 0 Å². The molecule has 0 aromatic heterocycles. The van der Waals surface area contributed by atoms with Crippen molar-refractivity contribution in [1.82, 2.24) is 0 Å². The summed E-state index contributed by atoms with van der Waals surface area (Å²) >= 11 is 0. The zero-order valence-corrected chi connectivity index (χ0v) is 14.5. The van der Waals surface area contributed by atoms with E-state index in [0.717, 1.165) is 23.3 Å². The Balaban J connectivity index is 0.000000161. The molecule has 0 saturated carbocycles. The van der Waals surface area contributed by atoms with Crippen molar-refractivity contribution < 1.29 is 38.7 Å². The van der Waals surface area contributed by atoms with Gasteiger partial charge in [-0.3, -0.25) is 0 Å². The minimum Gasteiger partial charge on any atom is -0.478 e. The molecule has 0 amide bonds. The van der Waals surface area contributed by atoms with Gasteiger partial charge in [-0.2, -0.15) is 0 Å². The molecule has 2 aliphatic heterocycles. The summed E-state index contributed by atoms with van der Waals surface area (Å²) in [6.07, 6.45) is 5.17. The van der Waals surface area contributed by atoms with Crippen molar-refractivity contribution in [3.8, 4) is 23.0 Å². The van der Waals surface area contributed by atoms with Crippen LogP contribution in [-0.4, -0.2) is 35.7 Å². The van der Waals surface area contributed by atoms with Crippen LogP contribution in [0.15, 0.2) is 48.6 Å².